The number of aromatic nitrogens is 1. The van der Waals surface area contributed by atoms with Crippen LogP contribution in [0.4, 0.5) is 0 Å². The Labute approximate surface area is 168 Å². The van der Waals surface area contributed by atoms with E-state index in [-0.39, 0.29) is 11.3 Å². The second-order valence-electron chi connectivity index (χ2n) is 7.36. The van der Waals surface area contributed by atoms with Gasteiger partial charge in [-0.05, 0) is 70.3 Å². The van der Waals surface area contributed by atoms with Crippen molar-refractivity contribution < 1.29 is 14.3 Å². The van der Waals surface area contributed by atoms with Crippen LogP contribution in [0, 0.1) is 0 Å². The number of carbonyl (C=O) groups excluding carboxylic acids is 2. The molecule has 0 N–H and O–H groups in total. The van der Waals surface area contributed by atoms with Crippen LogP contribution < -0.4 is 9.41 Å². The average Bonchev–Trinajstić information content (AvgIpc) is 2.97. The third kappa shape index (κ3) is 5.78. The fraction of sp³-hybridized carbons (Fsp3) is 0.450. The highest BCUT2D eigenvalue weighted by Gasteiger charge is 2.17. The lowest BCUT2D eigenvalue weighted by Crippen LogP contribution is -2.18. The van der Waals surface area contributed by atoms with Gasteiger partial charge in [0.15, 0.2) is 0 Å². The molecular weight excluding hydrogens is 384 g/mol. The van der Waals surface area contributed by atoms with Crippen molar-refractivity contribution >= 4 is 34.8 Å². The largest absolute Gasteiger partial charge is 0.496 e. The first-order valence-electron chi connectivity index (χ1n) is 8.76. The maximum absolute atomic E-state index is 12.8. The monoisotopic (exact) mass is 408 g/mol. The predicted molar refractivity (Wildman–Crippen MR) is 109 cm³/mol. The number of ketones is 1. The van der Waals surface area contributed by atoms with Crippen molar-refractivity contribution in [3.63, 3.8) is 0 Å². The van der Waals surface area contributed by atoms with Gasteiger partial charge in [0.05, 0.1) is 12.7 Å². The summed E-state index contributed by atoms with van der Waals surface area (Å²) in [5.41, 5.74) is 1.17. The molecule has 2 aromatic rings. The van der Waals surface area contributed by atoms with Crippen molar-refractivity contribution in [1.82, 2.24) is 3.96 Å². The summed E-state index contributed by atoms with van der Waals surface area (Å²) in [6.45, 7) is 7.86. The smallest absolute Gasteiger partial charge is 0.282 e. The topological polar surface area (TPSA) is 60.7 Å². The van der Waals surface area contributed by atoms with Crippen molar-refractivity contribution in [2.75, 3.05) is 7.11 Å². The van der Waals surface area contributed by atoms with E-state index >= 15 is 0 Å². The lowest BCUT2D eigenvalue weighted by molar-refractivity contribution is -0.117. The molecule has 5 nitrogen and oxygen atoms in total. The lowest BCUT2D eigenvalue weighted by Gasteiger charge is -2.19. The summed E-state index contributed by atoms with van der Waals surface area (Å²) in [6.07, 6.45) is 3.96. The van der Waals surface area contributed by atoms with Crippen molar-refractivity contribution in [2.24, 2.45) is 4.99 Å². The van der Waals surface area contributed by atoms with Crippen molar-refractivity contribution in [1.29, 1.82) is 0 Å². The zero-order valence-corrected chi connectivity index (χ0v) is 17.9. The van der Waals surface area contributed by atoms with Gasteiger partial charge in [-0.3, -0.25) is 8.75 Å². The van der Waals surface area contributed by atoms with E-state index in [1.165, 1.54) is 18.6 Å². The molecule has 0 saturated heterocycles. The van der Waals surface area contributed by atoms with Crippen LogP contribution in [-0.4, -0.2) is 22.8 Å². The Morgan fingerprint density at radius 3 is 2.59 bits per heavy atom. The van der Waals surface area contributed by atoms with Crippen molar-refractivity contribution in [2.45, 2.75) is 52.5 Å². The van der Waals surface area contributed by atoms with Gasteiger partial charge in [0.25, 0.3) is 5.91 Å². The molecule has 27 heavy (non-hydrogen) atoms. The van der Waals surface area contributed by atoms with Gasteiger partial charge in [0, 0.05) is 28.7 Å². The molecule has 1 heterocycles. The first-order chi connectivity index (χ1) is 12.6. The first kappa shape index (κ1) is 21.4. The Kier molecular flexibility index (Phi) is 7.00. The molecule has 1 aromatic carbocycles. The van der Waals surface area contributed by atoms with Crippen LogP contribution in [0.5, 0.6) is 5.75 Å². The molecule has 0 aliphatic rings. The normalized spacial score (nSPS) is 12.3. The van der Waals surface area contributed by atoms with E-state index in [0.717, 1.165) is 12.0 Å². The van der Waals surface area contributed by atoms with Crippen LogP contribution in [0.3, 0.4) is 0 Å². The van der Waals surface area contributed by atoms with Gasteiger partial charge in [0.2, 0.25) is 0 Å². The molecule has 1 amide bonds. The molecule has 0 bridgehead atoms. The van der Waals surface area contributed by atoms with Crippen molar-refractivity contribution in [3.8, 4) is 5.75 Å². The summed E-state index contributed by atoms with van der Waals surface area (Å²) in [7, 11) is 1.51. The van der Waals surface area contributed by atoms with Crippen LogP contribution in [0.25, 0.3) is 0 Å². The second-order valence-corrected chi connectivity index (χ2v) is 8.76. The minimum absolute atomic E-state index is 0.120. The molecule has 0 aliphatic heterocycles. The first-order valence-corrected chi connectivity index (χ1v) is 9.91. The van der Waals surface area contributed by atoms with Crippen LogP contribution >= 0.6 is 23.1 Å². The third-order valence-electron chi connectivity index (χ3n) is 3.96. The Morgan fingerprint density at radius 1 is 1.30 bits per heavy atom. The minimum atomic E-state index is -0.398. The summed E-state index contributed by atoms with van der Waals surface area (Å²) < 4.78 is 8.00. The van der Waals surface area contributed by atoms with E-state index in [4.69, 9.17) is 16.3 Å². The standard InChI is InChI=1S/C20H25ClN2O3S/c1-13(24)7-6-8-14-12-23(20(2,3)4)27-19(14)22-18(25)16-11-15(21)9-10-17(16)26-5/h9-12H,6-8H2,1-5H3/b22-19-. The molecule has 1 aromatic heterocycles. The summed E-state index contributed by atoms with van der Waals surface area (Å²) in [4.78, 5) is 28.4. The van der Waals surface area contributed by atoms with Gasteiger partial charge >= 0.3 is 0 Å². The summed E-state index contributed by atoms with van der Waals surface area (Å²) in [5.74, 6) is 0.198. The molecule has 0 radical (unpaired) electrons. The lowest BCUT2D eigenvalue weighted by atomic mass is 10.1. The van der Waals surface area contributed by atoms with E-state index in [1.54, 1.807) is 25.1 Å². The second kappa shape index (κ2) is 8.85. The van der Waals surface area contributed by atoms with Crippen LogP contribution in [0.1, 0.15) is 56.5 Å². The molecule has 7 heteroatoms. The van der Waals surface area contributed by atoms with Gasteiger partial charge in [-0.1, -0.05) is 11.6 Å². The van der Waals surface area contributed by atoms with E-state index < -0.39 is 5.91 Å². The van der Waals surface area contributed by atoms with Crippen LogP contribution in [-0.2, 0) is 16.8 Å². The maximum Gasteiger partial charge on any atom is 0.282 e. The Morgan fingerprint density at radius 2 is 2.00 bits per heavy atom. The minimum Gasteiger partial charge on any atom is -0.496 e. The van der Waals surface area contributed by atoms with Gasteiger partial charge in [-0.2, -0.15) is 4.99 Å². The van der Waals surface area contributed by atoms with Crippen LogP contribution in [0.2, 0.25) is 5.02 Å². The number of aryl methyl sites for hydroxylation is 1. The molecule has 146 valence electrons. The number of amides is 1. The number of methoxy groups -OCH3 is 1. The van der Waals surface area contributed by atoms with E-state index in [9.17, 15) is 9.59 Å². The molecular formula is C20H25ClN2O3S. The van der Waals surface area contributed by atoms with E-state index in [1.807, 2.05) is 6.20 Å². The number of nitrogens with zero attached hydrogens (tertiary/aromatic N) is 2. The SMILES string of the molecule is COc1ccc(Cl)cc1C(=O)/N=c1\sn(C(C)(C)C)cc1CCCC(C)=O. The third-order valence-corrected chi connectivity index (χ3v) is 5.58. The zero-order chi connectivity index (χ0) is 20.2. The van der Waals surface area contributed by atoms with Crippen molar-refractivity contribution in [3.05, 3.63) is 45.2 Å². The molecule has 0 spiro atoms. The number of halogens is 1. The number of rotatable bonds is 6. The number of ether oxygens (including phenoxy) is 1. The molecule has 0 atom stereocenters. The quantitative estimate of drug-likeness (QED) is 0.700. The Hall–Kier alpha value is -1.92. The van der Waals surface area contributed by atoms with E-state index in [0.29, 0.717) is 33.8 Å². The molecule has 0 fully saturated rings. The molecule has 0 aliphatic carbocycles. The zero-order valence-electron chi connectivity index (χ0n) is 16.3. The molecule has 0 unspecified atom stereocenters. The van der Waals surface area contributed by atoms with Gasteiger partial charge in [0.1, 0.15) is 16.2 Å². The number of carbonyl (C=O) groups is 2. The van der Waals surface area contributed by atoms with Gasteiger partial charge in [-0.15, -0.1) is 0 Å². The highest BCUT2D eigenvalue weighted by Crippen LogP contribution is 2.24. The van der Waals surface area contributed by atoms with Gasteiger partial charge < -0.3 is 9.53 Å². The Balaban J connectivity index is 2.45. The average molecular weight is 409 g/mol. The fourth-order valence-electron chi connectivity index (χ4n) is 2.50. The summed E-state index contributed by atoms with van der Waals surface area (Å²) in [6, 6.07) is 4.89. The van der Waals surface area contributed by atoms with Gasteiger partial charge in [-0.25, -0.2) is 0 Å². The highest BCUT2D eigenvalue weighted by molar-refractivity contribution is 7.04. The maximum atomic E-state index is 12.8. The fourth-order valence-corrected chi connectivity index (χ4v) is 3.70. The van der Waals surface area contributed by atoms with Crippen LogP contribution in [0.15, 0.2) is 29.4 Å². The Bertz CT molecular complexity index is 907. The number of hydrogen-bond acceptors (Lipinski definition) is 4. The summed E-state index contributed by atoms with van der Waals surface area (Å²) >= 11 is 7.47. The van der Waals surface area contributed by atoms with E-state index in [2.05, 4.69) is 29.7 Å². The predicted octanol–water partition coefficient (Wildman–Crippen LogP) is 4.62. The number of hydrogen-bond donors (Lipinski definition) is 0. The summed E-state index contributed by atoms with van der Waals surface area (Å²) in [5, 5.41) is 0.451. The number of Topliss-reactive ketones (excluding diaryl/α,β-unsaturated/α-hetero) is 1. The molecule has 0 saturated carbocycles. The molecule has 2 rings (SSSR count). The highest BCUT2D eigenvalue weighted by atomic mass is 35.5. The number of benzene rings is 1.